The molecule has 0 amide bonds. The predicted octanol–water partition coefficient (Wildman–Crippen LogP) is 1.17. The fourth-order valence-electron chi connectivity index (χ4n) is 1.53. The Balaban J connectivity index is 0.000000502. The number of nitrogens with zero attached hydrogens (tertiary/aromatic N) is 2. The largest absolute Gasteiger partial charge is 0.480 e. The first-order valence-electron chi connectivity index (χ1n) is 6.74. The van der Waals surface area contributed by atoms with E-state index in [4.69, 9.17) is 9.47 Å². The SMILES string of the molecule is COCC[N+]1(C)CCOCC1.O=S(=O)([N-]S(=O)(=O)C(F)(F)F)C(F)(F)F. The molecule has 0 unspecified atom stereocenters. The summed E-state index contributed by atoms with van der Waals surface area (Å²) in [7, 11) is -9.42. The molecule has 1 aliphatic rings. The van der Waals surface area contributed by atoms with Gasteiger partial charge in [-0.05, 0) is 0 Å². The van der Waals surface area contributed by atoms with Crippen LogP contribution >= 0.6 is 0 Å². The third-order valence-corrected chi connectivity index (χ3v) is 5.91. The average molecular weight is 440 g/mol. The molecule has 0 aromatic carbocycles. The molecule has 0 saturated carbocycles. The second-order valence-electron chi connectivity index (χ2n) is 5.31. The van der Waals surface area contributed by atoms with Gasteiger partial charge in [0.05, 0.1) is 26.9 Å². The molecule has 8 nitrogen and oxygen atoms in total. The number of hydrogen-bond donors (Lipinski definition) is 0. The lowest BCUT2D eigenvalue weighted by molar-refractivity contribution is -0.917. The summed E-state index contributed by atoms with van der Waals surface area (Å²) in [5, 5.41) is 0. The number of sulfonamides is 2. The average Bonchev–Trinajstić information content (AvgIpc) is 2.43. The number of likely N-dealkylation sites (N-methyl/N-ethyl adjacent to an activating group) is 1. The van der Waals surface area contributed by atoms with Crippen molar-refractivity contribution in [3.8, 4) is 0 Å². The van der Waals surface area contributed by atoms with E-state index >= 15 is 0 Å². The van der Waals surface area contributed by atoms with E-state index in [1.165, 1.54) is 0 Å². The van der Waals surface area contributed by atoms with Gasteiger partial charge >= 0.3 is 11.0 Å². The van der Waals surface area contributed by atoms with Crippen LogP contribution in [0.4, 0.5) is 26.3 Å². The lowest BCUT2D eigenvalue weighted by Gasteiger charge is -2.37. The van der Waals surface area contributed by atoms with E-state index in [1.54, 1.807) is 7.11 Å². The quantitative estimate of drug-likeness (QED) is 0.470. The Morgan fingerprint density at radius 3 is 1.65 bits per heavy atom. The number of rotatable bonds is 5. The molecule has 1 aliphatic heterocycles. The number of ether oxygens (including phenoxy) is 2. The fourth-order valence-corrected chi connectivity index (χ4v) is 3.24. The third-order valence-electron chi connectivity index (χ3n) is 3.17. The molecule has 0 spiro atoms. The van der Waals surface area contributed by atoms with E-state index in [9.17, 15) is 43.2 Å². The van der Waals surface area contributed by atoms with Crippen LogP contribution in [0.1, 0.15) is 0 Å². The number of morpholine rings is 1. The predicted molar refractivity (Wildman–Crippen MR) is 76.8 cm³/mol. The van der Waals surface area contributed by atoms with Crippen molar-refractivity contribution in [1.82, 2.24) is 0 Å². The summed E-state index contributed by atoms with van der Waals surface area (Å²) in [6.07, 6.45) is 0. The maximum absolute atomic E-state index is 11.4. The molecular formula is C10H18F6N2O6S2. The first kappa shape index (κ1) is 25.3. The van der Waals surface area contributed by atoms with Gasteiger partial charge in [-0.25, -0.2) is 16.8 Å². The van der Waals surface area contributed by atoms with E-state index < -0.39 is 31.1 Å². The lowest BCUT2D eigenvalue weighted by Crippen LogP contribution is -2.53. The minimum absolute atomic E-state index is 0.778. The molecule has 16 heteroatoms. The Morgan fingerprint density at radius 2 is 1.35 bits per heavy atom. The first-order valence-corrected chi connectivity index (χ1v) is 9.62. The van der Waals surface area contributed by atoms with Crippen molar-refractivity contribution in [3.63, 3.8) is 0 Å². The molecule has 1 rings (SSSR count). The van der Waals surface area contributed by atoms with E-state index in [0.29, 0.717) is 0 Å². The van der Waals surface area contributed by atoms with Gasteiger partial charge in [0, 0.05) is 7.11 Å². The third kappa shape index (κ3) is 7.91. The van der Waals surface area contributed by atoms with Crippen molar-refractivity contribution >= 4 is 20.0 Å². The minimum atomic E-state index is -6.72. The Kier molecular flexibility index (Phi) is 8.77. The van der Waals surface area contributed by atoms with Gasteiger partial charge in [0.25, 0.3) is 0 Å². The van der Waals surface area contributed by atoms with Crippen LogP contribution in [0.5, 0.6) is 0 Å². The number of hydrogen-bond acceptors (Lipinski definition) is 6. The first-order chi connectivity index (χ1) is 11.5. The molecule has 158 valence electrons. The zero-order valence-corrected chi connectivity index (χ0v) is 15.3. The van der Waals surface area contributed by atoms with E-state index in [-0.39, 0.29) is 0 Å². The van der Waals surface area contributed by atoms with Gasteiger partial charge in [-0.1, -0.05) is 0 Å². The molecular weight excluding hydrogens is 422 g/mol. The van der Waals surface area contributed by atoms with Crippen molar-refractivity contribution in [2.75, 3.05) is 53.6 Å². The highest BCUT2D eigenvalue weighted by atomic mass is 32.3. The number of halogens is 6. The van der Waals surface area contributed by atoms with Gasteiger partial charge in [-0.3, -0.25) is 0 Å². The molecule has 0 radical (unpaired) electrons. The second kappa shape index (κ2) is 9.01. The fraction of sp³-hybridized carbons (Fsp3) is 1.00. The summed E-state index contributed by atoms with van der Waals surface area (Å²) in [5.41, 5.74) is -12.4. The maximum Gasteiger partial charge on any atom is 0.480 e. The van der Waals surface area contributed by atoms with Crippen molar-refractivity contribution in [3.05, 3.63) is 4.13 Å². The minimum Gasteiger partial charge on any atom is -0.421 e. The van der Waals surface area contributed by atoms with E-state index in [2.05, 4.69) is 7.05 Å². The van der Waals surface area contributed by atoms with Crippen LogP contribution < -0.4 is 0 Å². The molecule has 0 aromatic rings. The zero-order valence-electron chi connectivity index (χ0n) is 13.7. The molecule has 0 aliphatic carbocycles. The smallest absolute Gasteiger partial charge is 0.421 e. The van der Waals surface area contributed by atoms with Crippen molar-refractivity contribution in [2.24, 2.45) is 0 Å². The number of quaternary nitrogens is 1. The lowest BCUT2D eigenvalue weighted by atomic mass is 10.3. The highest BCUT2D eigenvalue weighted by Crippen LogP contribution is 2.36. The van der Waals surface area contributed by atoms with Crippen LogP contribution in [0.3, 0.4) is 0 Å². The maximum atomic E-state index is 11.4. The van der Waals surface area contributed by atoms with Crippen molar-refractivity contribution < 1.29 is 57.1 Å². The van der Waals surface area contributed by atoms with Crippen LogP contribution in [-0.2, 0) is 29.5 Å². The summed E-state index contributed by atoms with van der Waals surface area (Å²) >= 11 is 0. The van der Waals surface area contributed by atoms with Crippen molar-refractivity contribution in [2.45, 2.75) is 11.0 Å². The van der Waals surface area contributed by atoms with Crippen LogP contribution in [-0.4, -0.2) is 85.9 Å². The molecule has 1 heterocycles. The Labute approximate surface area is 146 Å². The Bertz CT molecular complexity index is 598. The van der Waals surface area contributed by atoms with Gasteiger partial charge in [-0.15, -0.1) is 0 Å². The van der Waals surface area contributed by atoms with Crippen LogP contribution in [0.2, 0.25) is 0 Å². The normalized spacial score (nSPS) is 18.8. The summed E-state index contributed by atoms with van der Waals surface area (Å²) in [4.78, 5) is 0. The zero-order chi connectivity index (χ0) is 20.9. The number of alkyl halides is 6. The van der Waals surface area contributed by atoms with Crippen molar-refractivity contribution in [1.29, 1.82) is 0 Å². The molecule has 1 saturated heterocycles. The number of methoxy groups -OCH3 is 1. The van der Waals surface area contributed by atoms with Crippen LogP contribution in [0.25, 0.3) is 4.13 Å². The molecule has 0 N–H and O–H groups in total. The van der Waals surface area contributed by atoms with Crippen LogP contribution in [0, 0.1) is 0 Å². The summed E-state index contributed by atoms with van der Waals surface area (Å²) in [6.45, 7) is 6.03. The van der Waals surface area contributed by atoms with Gasteiger partial charge in [0.15, 0.2) is 20.0 Å². The van der Waals surface area contributed by atoms with Gasteiger partial charge in [0.1, 0.15) is 19.6 Å². The topological polar surface area (TPSA) is 101 Å². The summed E-state index contributed by atoms with van der Waals surface area (Å²) in [6, 6.07) is 0. The molecule has 0 aromatic heterocycles. The molecule has 26 heavy (non-hydrogen) atoms. The monoisotopic (exact) mass is 440 g/mol. The van der Waals surface area contributed by atoms with E-state index in [1.807, 2.05) is 0 Å². The molecule has 1 fully saturated rings. The Morgan fingerprint density at radius 1 is 0.962 bits per heavy atom. The summed E-state index contributed by atoms with van der Waals surface area (Å²) in [5.74, 6) is 0. The highest BCUT2D eigenvalue weighted by molar-refractivity contribution is 8.13. The molecule has 0 atom stereocenters. The van der Waals surface area contributed by atoms with Gasteiger partial charge < -0.3 is 18.1 Å². The van der Waals surface area contributed by atoms with Crippen LogP contribution in [0.15, 0.2) is 0 Å². The van der Waals surface area contributed by atoms with Gasteiger partial charge in [0.2, 0.25) is 0 Å². The molecule has 0 bridgehead atoms. The second-order valence-corrected chi connectivity index (χ2v) is 8.73. The summed E-state index contributed by atoms with van der Waals surface area (Å²) < 4.78 is 121. The standard InChI is InChI=1S/C8H18NO2.C2F6NO4S2/c1-9(3-6-10-2)4-7-11-8-5-9;3-1(4,5)14(10,11)9-15(12,13)2(6,7)8/h3-8H2,1-2H3;/q+1;-1. The highest BCUT2D eigenvalue weighted by Gasteiger charge is 2.46. The van der Waals surface area contributed by atoms with Gasteiger partial charge in [-0.2, -0.15) is 26.3 Å². The Hall–Kier alpha value is -0.680. The van der Waals surface area contributed by atoms with E-state index in [0.717, 1.165) is 48.1 Å².